The molecule has 2 amide bonds. The molecule has 1 unspecified atom stereocenters. The van der Waals surface area contributed by atoms with Crippen LogP contribution in [0.5, 0.6) is 11.5 Å². The first-order valence-corrected chi connectivity index (χ1v) is 12.8. The normalized spacial score (nSPS) is 19.0. The van der Waals surface area contributed by atoms with Crippen LogP contribution in [0.2, 0.25) is 0 Å². The minimum absolute atomic E-state index is 0.121. The predicted octanol–water partition coefficient (Wildman–Crippen LogP) is 3.15. The minimum atomic E-state index is -3.78. The van der Waals surface area contributed by atoms with Crippen molar-refractivity contribution in [3.8, 4) is 11.5 Å². The maximum Gasteiger partial charge on any atom is 0.265 e. The zero-order valence-electron chi connectivity index (χ0n) is 19.5. The zero-order valence-corrected chi connectivity index (χ0v) is 20.3. The molecule has 0 saturated carbocycles. The number of hydrogen-bond acceptors (Lipinski definition) is 6. The predicted molar refractivity (Wildman–Crippen MR) is 128 cm³/mol. The third-order valence-corrected chi connectivity index (χ3v) is 8.12. The first kappa shape index (κ1) is 24.0. The lowest BCUT2D eigenvalue weighted by molar-refractivity contribution is -0.123. The van der Waals surface area contributed by atoms with Gasteiger partial charge in [0, 0.05) is 30.8 Å². The van der Waals surface area contributed by atoms with Gasteiger partial charge in [-0.05, 0) is 69.5 Å². The number of amides is 2. The molecule has 0 aromatic heterocycles. The van der Waals surface area contributed by atoms with Gasteiger partial charge in [-0.3, -0.25) is 9.59 Å². The van der Waals surface area contributed by atoms with Gasteiger partial charge in [0.1, 0.15) is 11.5 Å². The summed E-state index contributed by atoms with van der Waals surface area (Å²) in [4.78, 5) is 24.7. The molecule has 1 fully saturated rings. The van der Waals surface area contributed by atoms with Crippen molar-refractivity contribution in [2.24, 2.45) is 5.92 Å². The van der Waals surface area contributed by atoms with Crippen LogP contribution in [0, 0.1) is 12.8 Å². The number of carbonyl (C=O) groups is 2. The van der Waals surface area contributed by atoms with Crippen molar-refractivity contribution in [2.45, 2.75) is 44.6 Å². The Morgan fingerprint density at radius 2 is 1.88 bits per heavy atom. The molecule has 0 aliphatic carbocycles. The summed E-state index contributed by atoms with van der Waals surface area (Å²) in [5.41, 5.74) is 1.66. The Labute approximate surface area is 199 Å². The van der Waals surface area contributed by atoms with E-state index in [1.807, 2.05) is 6.92 Å². The molecule has 4 rings (SSSR count). The molecule has 182 valence electrons. The number of rotatable bonds is 6. The molecule has 0 bridgehead atoms. The highest BCUT2D eigenvalue weighted by molar-refractivity contribution is 7.89. The highest BCUT2D eigenvalue weighted by Gasteiger charge is 2.34. The Morgan fingerprint density at radius 1 is 1.21 bits per heavy atom. The van der Waals surface area contributed by atoms with E-state index in [4.69, 9.17) is 9.47 Å². The molecule has 2 aromatic rings. The van der Waals surface area contributed by atoms with Gasteiger partial charge in [-0.2, -0.15) is 4.31 Å². The van der Waals surface area contributed by atoms with E-state index in [0.717, 1.165) is 5.75 Å². The molecule has 34 heavy (non-hydrogen) atoms. The van der Waals surface area contributed by atoms with Gasteiger partial charge in [0.15, 0.2) is 6.10 Å². The quantitative estimate of drug-likeness (QED) is 0.647. The van der Waals surface area contributed by atoms with Crippen molar-refractivity contribution in [1.82, 2.24) is 4.31 Å². The Hall–Kier alpha value is -3.11. The van der Waals surface area contributed by atoms with Crippen LogP contribution in [-0.4, -0.2) is 50.3 Å². The van der Waals surface area contributed by atoms with Crippen LogP contribution >= 0.6 is 0 Å². The van der Waals surface area contributed by atoms with Crippen LogP contribution < -0.4 is 20.1 Å². The lowest BCUT2D eigenvalue weighted by atomic mass is 9.97. The minimum Gasteiger partial charge on any atom is -0.494 e. The maximum atomic E-state index is 13.4. The SMILES string of the molecule is CCOc1ccc(NC(=O)C2CCN(S(=O)(=O)c3cc4c(cc3C)NC(=O)C(C)O4)CC2)cc1. The van der Waals surface area contributed by atoms with E-state index in [2.05, 4.69) is 10.6 Å². The Bertz CT molecular complexity index is 1190. The van der Waals surface area contributed by atoms with Gasteiger partial charge in [-0.15, -0.1) is 0 Å². The van der Waals surface area contributed by atoms with E-state index >= 15 is 0 Å². The summed E-state index contributed by atoms with van der Waals surface area (Å²) in [7, 11) is -3.78. The second-order valence-electron chi connectivity index (χ2n) is 8.49. The topological polar surface area (TPSA) is 114 Å². The van der Waals surface area contributed by atoms with Crippen molar-refractivity contribution >= 4 is 33.2 Å². The van der Waals surface area contributed by atoms with E-state index in [9.17, 15) is 18.0 Å². The number of fused-ring (bicyclic) bond motifs is 1. The molecule has 2 N–H and O–H groups in total. The van der Waals surface area contributed by atoms with Crippen molar-refractivity contribution < 1.29 is 27.5 Å². The molecule has 2 aliphatic heterocycles. The first-order chi connectivity index (χ1) is 16.2. The molecule has 1 atom stereocenters. The van der Waals surface area contributed by atoms with Crippen LogP contribution in [0.1, 0.15) is 32.3 Å². The van der Waals surface area contributed by atoms with Gasteiger partial charge in [0.05, 0.1) is 17.2 Å². The van der Waals surface area contributed by atoms with E-state index in [1.165, 1.54) is 10.4 Å². The summed E-state index contributed by atoms with van der Waals surface area (Å²) < 4.78 is 39.1. The van der Waals surface area contributed by atoms with Crippen LogP contribution in [-0.2, 0) is 19.6 Å². The lowest BCUT2D eigenvalue weighted by Gasteiger charge is -2.31. The van der Waals surface area contributed by atoms with Crippen molar-refractivity contribution in [3.05, 3.63) is 42.0 Å². The first-order valence-electron chi connectivity index (χ1n) is 11.3. The van der Waals surface area contributed by atoms with Gasteiger partial charge in [0.25, 0.3) is 5.91 Å². The summed E-state index contributed by atoms with van der Waals surface area (Å²) in [6, 6.07) is 10.2. The average Bonchev–Trinajstić information content (AvgIpc) is 2.81. The fourth-order valence-electron chi connectivity index (χ4n) is 4.16. The number of anilines is 2. The largest absolute Gasteiger partial charge is 0.494 e. The monoisotopic (exact) mass is 487 g/mol. The Kier molecular flexibility index (Phi) is 6.81. The van der Waals surface area contributed by atoms with E-state index in [1.54, 1.807) is 44.2 Å². The van der Waals surface area contributed by atoms with E-state index in [-0.39, 0.29) is 35.7 Å². The molecule has 10 heteroatoms. The number of aryl methyl sites for hydroxylation is 1. The Balaban J connectivity index is 1.41. The van der Waals surface area contributed by atoms with E-state index in [0.29, 0.717) is 42.1 Å². The number of carbonyl (C=O) groups excluding carboxylic acids is 2. The molecule has 9 nitrogen and oxygen atoms in total. The molecular formula is C24H29N3O6S. The van der Waals surface area contributed by atoms with Crippen LogP contribution in [0.15, 0.2) is 41.3 Å². The van der Waals surface area contributed by atoms with Crippen LogP contribution in [0.3, 0.4) is 0 Å². The molecule has 0 spiro atoms. The lowest BCUT2D eigenvalue weighted by Crippen LogP contribution is -2.41. The van der Waals surface area contributed by atoms with Crippen LogP contribution in [0.4, 0.5) is 11.4 Å². The van der Waals surface area contributed by atoms with Crippen LogP contribution in [0.25, 0.3) is 0 Å². The fourth-order valence-corrected chi connectivity index (χ4v) is 5.86. The molecular weight excluding hydrogens is 458 g/mol. The highest BCUT2D eigenvalue weighted by atomic mass is 32.2. The highest BCUT2D eigenvalue weighted by Crippen LogP contribution is 2.36. The van der Waals surface area contributed by atoms with Gasteiger partial charge >= 0.3 is 0 Å². The summed E-state index contributed by atoms with van der Waals surface area (Å²) in [5, 5.41) is 5.64. The summed E-state index contributed by atoms with van der Waals surface area (Å²) in [5.74, 6) is 0.402. The smallest absolute Gasteiger partial charge is 0.265 e. The number of ether oxygens (including phenoxy) is 2. The summed E-state index contributed by atoms with van der Waals surface area (Å²) in [6.45, 7) is 6.26. The average molecular weight is 488 g/mol. The van der Waals surface area contributed by atoms with Crippen molar-refractivity contribution in [3.63, 3.8) is 0 Å². The molecule has 0 radical (unpaired) electrons. The number of benzene rings is 2. The molecule has 2 aromatic carbocycles. The van der Waals surface area contributed by atoms with Crippen molar-refractivity contribution in [2.75, 3.05) is 30.3 Å². The summed E-state index contributed by atoms with van der Waals surface area (Å²) >= 11 is 0. The number of nitrogens with zero attached hydrogens (tertiary/aromatic N) is 1. The standard InChI is InChI=1S/C24H29N3O6S/c1-4-32-19-7-5-18(6-8-19)25-24(29)17-9-11-27(12-10-17)34(30,31)22-14-21-20(13-15(22)2)26-23(28)16(3)33-21/h5-8,13-14,16-17H,4,9-12H2,1-3H3,(H,25,29)(H,26,28). The fraction of sp³-hybridized carbons (Fsp3) is 0.417. The van der Waals surface area contributed by atoms with Gasteiger partial charge in [-0.1, -0.05) is 0 Å². The van der Waals surface area contributed by atoms with Gasteiger partial charge < -0.3 is 20.1 Å². The maximum absolute atomic E-state index is 13.4. The van der Waals surface area contributed by atoms with Crippen molar-refractivity contribution in [1.29, 1.82) is 0 Å². The number of hydrogen-bond donors (Lipinski definition) is 2. The summed E-state index contributed by atoms with van der Waals surface area (Å²) in [6.07, 6.45) is 0.154. The molecule has 2 heterocycles. The Morgan fingerprint density at radius 3 is 2.53 bits per heavy atom. The van der Waals surface area contributed by atoms with Gasteiger partial charge in [-0.25, -0.2) is 8.42 Å². The second kappa shape index (κ2) is 9.63. The second-order valence-corrected chi connectivity index (χ2v) is 10.4. The number of sulfonamides is 1. The zero-order chi connectivity index (χ0) is 24.5. The van der Waals surface area contributed by atoms with E-state index < -0.39 is 16.1 Å². The third kappa shape index (κ3) is 4.88. The number of nitrogens with one attached hydrogen (secondary N) is 2. The van der Waals surface area contributed by atoms with Gasteiger partial charge in [0.2, 0.25) is 15.9 Å². The third-order valence-electron chi connectivity index (χ3n) is 6.08. The molecule has 2 aliphatic rings. The molecule has 1 saturated heterocycles. The number of piperidine rings is 1.